The molecule has 0 saturated heterocycles. The minimum Gasteiger partial charge on any atom is -0.348 e. The number of rotatable bonds is 8. The Balaban J connectivity index is 1.03. The van der Waals surface area contributed by atoms with E-state index in [2.05, 4.69) is 30.4 Å². The predicted octanol–water partition coefficient (Wildman–Crippen LogP) is 5.96. The fraction of sp³-hybridized carbons (Fsp3) is 0.621. The van der Waals surface area contributed by atoms with Crippen LogP contribution in [0.2, 0.25) is 0 Å². The van der Waals surface area contributed by atoms with E-state index in [9.17, 15) is 9.59 Å². The first kappa shape index (κ1) is 25.5. The van der Waals surface area contributed by atoms with E-state index in [0.717, 1.165) is 71.1 Å². The molecule has 4 bridgehead atoms. The van der Waals surface area contributed by atoms with Crippen LogP contribution in [0.5, 0.6) is 0 Å². The average molecular weight is 565 g/mol. The fourth-order valence-electron chi connectivity index (χ4n) is 8.18. The number of carbonyl (C=O) groups is 2. The third-order valence-electron chi connectivity index (χ3n) is 9.47. The second-order valence-electron chi connectivity index (χ2n) is 12.3. The summed E-state index contributed by atoms with van der Waals surface area (Å²) in [7, 11) is 0. The summed E-state index contributed by atoms with van der Waals surface area (Å²) in [5.41, 5.74) is 0.725. The summed E-state index contributed by atoms with van der Waals surface area (Å²) < 4.78 is 3.27. The molecule has 0 aliphatic heterocycles. The van der Waals surface area contributed by atoms with Crippen LogP contribution in [0.4, 0.5) is 5.13 Å². The van der Waals surface area contributed by atoms with Crippen molar-refractivity contribution in [1.29, 1.82) is 0 Å². The average Bonchev–Trinajstić information content (AvgIpc) is 3.53. The minimum absolute atomic E-state index is 0.103. The molecule has 39 heavy (non-hydrogen) atoms. The number of hydrogen-bond acceptors (Lipinski definition) is 7. The van der Waals surface area contributed by atoms with Gasteiger partial charge in [-0.3, -0.25) is 9.59 Å². The van der Waals surface area contributed by atoms with Crippen LogP contribution in [-0.2, 0) is 16.1 Å². The fourth-order valence-corrected chi connectivity index (χ4v) is 9.89. The van der Waals surface area contributed by atoms with Crippen molar-refractivity contribution in [3.05, 3.63) is 30.1 Å². The Morgan fingerprint density at radius 3 is 2.44 bits per heavy atom. The molecule has 206 valence electrons. The van der Waals surface area contributed by atoms with E-state index < -0.39 is 0 Å². The molecule has 10 heteroatoms. The Bertz CT molecular complexity index is 1310. The summed E-state index contributed by atoms with van der Waals surface area (Å²) in [5, 5.41) is 16.7. The van der Waals surface area contributed by atoms with Crippen LogP contribution in [0.15, 0.2) is 29.4 Å². The molecule has 8 rings (SSSR count). The molecule has 0 spiro atoms. The van der Waals surface area contributed by atoms with Gasteiger partial charge in [0.2, 0.25) is 11.8 Å². The zero-order chi connectivity index (χ0) is 26.4. The molecular weight excluding hydrogens is 528 g/mol. The van der Waals surface area contributed by atoms with Gasteiger partial charge < -0.3 is 15.2 Å². The molecule has 0 radical (unpaired) electrons. The topological polar surface area (TPSA) is 102 Å². The number of anilines is 1. The smallest absolute Gasteiger partial charge is 0.236 e. The number of thiazole rings is 1. The molecule has 2 aromatic heterocycles. The maximum atomic E-state index is 13.6. The summed E-state index contributed by atoms with van der Waals surface area (Å²) >= 11 is 2.90. The first-order valence-electron chi connectivity index (χ1n) is 14.5. The van der Waals surface area contributed by atoms with Crippen LogP contribution >= 0.6 is 23.1 Å². The van der Waals surface area contributed by atoms with Gasteiger partial charge in [-0.15, -0.1) is 10.2 Å². The Morgan fingerprint density at radius 2 is 1.72 bits per heavy atom. The van der Waals surface area contributed by atoms with Gasteiger partial charge in [-0.2, -0.15) is 0 Å². The van der Waals surface area contributed by atoms with Gasteiger partial charge in [-0.25, -0.2) is 4.98 Å². The van der Waals surface area contributed by atoms with Gasteiger partial charge in [0.1, 0.15) is 0 Å². The van der Waals surface area contributed by atoms with Crippen LogP contribution in [0.1, 0.15) is 82.5 Å². The van der Waals surface area contributed by atoms with Crippen LogP contribution in [0, 0.1) is 23.2 Å². The van der Waals surface area contributed by atoms with E-state index >= 15 is 0 Å². The lowest BCUT2D eigenvalue weighted by Gasteiger charge is -2.55. The largest absolute Gasteiger partial charge is 0.348 e. The van der Waals surface area contributed by atoms with E-state index in [0.29, 0.717) is 17.7 Å². The van der Waals surface area contributed by atoms with Crippen molar-refractivity contribution in [3.63, 3.8) is 0 Å². The van der Waals surface area contributed by atoms with Gasteiger partial charge in [-0.05, 0) is 81.3 Å². The van der Waals surface area contributed by atoms with Crippen LogP contribution in [0.3, 0.4) is 0 Å². The van der Waals surface area contributed by atoms with Crippen LogP contribution in [-0.4, -0.2) is 37.3 Å². The van der Waals surface area contributed by atoms with Crippen molar-refractivity contribution in [2.24, 2.45) is 23.2 Å². The molecule has 3 aromatic rings. The lowest BCUT2D eigenvalue weighted by atomic mass is 9.49. The van der Waals surface area contributed by atoms with E-state index in [1.165, 1.54) is 61.6 Å². The lowest BCUT2D eigenvalue weighted by molar-refractivity contribution is -0.146. The monoisotopic (exact) mass is 564 g/mol. The van der Waals surface area contributed by atoms with Gasteiger partial charge in [0.15, 0.2) is 16.1 Å². The number of carbonyl (C=O) groups excluding carboxylic acids is 2. The molecule has 1 aromatic carbocycles. The molecule has 2 amide bonds. The second kappa shape index (κ2) is 10.5. The van der Waals surface area contributed by atoms with E-state index in [-0.39, 0.29) is 23.0 Å². The molecule has 0 unspecified atom stereocenters. The lowest BCUT2D eigenvalue weighted by Crippen LogP contribution is -2.53. The SMILES string of the molecule is O=C(CSc1nnc(CNC(=O)C23CC4CC(CC(C4)C2)C3)n1C1CCCCC1)Nc1nc2ccccc2s1. The normalized spacial score (nSPS) is 28.2. The zero-order valence-electron chi connectivity index (χ0n) is 22.2. The van der Waals surface area contributed by atoms with Gasteiger partial charge in [-0.1, -0.05) is 54.5 Å². The number of para-hydroxylation sites is 1. The highest BCUT2D eigenvalue weighted by Gasteiger charge is 2.54. The Morgan fingerprint density at radius 1 is 1.00 bits per heavy atom. The molecule has 2 heterocycles. The minimum atomic E-state index is -0.166. The van der Waals surface area contributed by atoms with Crippen molar-refractivity contribution in [1.82, 2.24) is 25.1 Å². The first-order valence-corrected chi connectivity index (χ1v) is 16.4. The standard InChI is InChI=1S/C29H36N6O2S2/c36-25(32-27-31-22-8-4-5-9-23(22)39-27)17-38-28-34-33-24(35(28)21-6-2-1-3-7-21)16-30-26(37)29-13-18-10-19(14-29)12-20(11-18)15-29/h4-5,8-9,18-21H,1-3,6-7,10-17H2,(H,30,37)(H,31,32,36). The summed E-state index contributed by atoms with van der Waals surface area (Å²) in [5.74, 6) is 3.40. The van der Waals surface area contributed by atoms with Gasteiger partial charge in [0.05, 0.1) is 22.5 Å². The van der Waals surface area contributed by atoms with E-state index in [4.69, 9.17) is 0 Å². The quantitative estimate of drug-likeness (QED) is 0.328. The van der Waals surface area contributed by atoms with Crippen molar-refractivity contribution < 1.29 is 9.59 Å². The third kappa shape index (κ3) is 5.10. The van der Waals surface area contributed by atoms with Crippen LogP contribution in [0.25, 0.3) is 10.2 Å². The highest BCUT2D eigenvalue weighted by Crippen LogP contribution is 2.60. The zero-order valence-corrected chi connectivity index (χ0v) is 23.9. The maximum Gasteiger partial charge on any atom is 0.236 e. The number of hydrogen-bond donors (Lipinski definition) is 2. The van der Waals surface area contributed by atoms with Gasteiger partial charge in [0.25, 0.3) is 0 Å². The number of benzene rings is 1. The number of nitrogens with zero attached hydrogens (tertiary/aromatic N) is 4. The predicted molar refractivity (Wildman–Crippen MR) is 154 cm³/mol. The number of nitrogens with one attached hydrogen (secondary N) is 2. The van der Waals surface area contributed by atoms with Gasteiger partial charge in [0, 0.05) is 11.5 Å². The molecule has 5 aliphatic rings. The molecule has 0 atom stereocenters. The van der Waals surface area contributed by atoms with Crippen molar-refractivity contribution in [2.75, 3.05) is 11.1 Å². The van der Waals surface area contributed by atoms with Crippen LogP contribution < -0.4 is 10.6 Å². The van der Waals surface area contributed by atoms with E-state index in [1.807, 2.05) is 24.3 Å². The molecule has 2 N–H and O–H groups in total. The highest BCUT2D eigenvalue weighted by atomic mass is 32.2. The van der Waals surface area contributed by atoms with Crippen molar-refractivity contribution >= 4 is 50.3 Å². The number of amides is 2. The molecular formula is C29H36N6O2S2. The third-order valence-corrected chi connectivity index (χ3v) is 11.4. The highest BCUT2D eigenvalue weighted by molar-refractivity contribution is 7.99. The number of thioether (sulfide) groups is 1. The van der Waals surface area contributed by atoms with E-state index in [1.54, 1.807) is 0 Å². The number of fused-ring (bicyclic) bond motifs is 1. The molecule has 8 nitrogen and oxygen atoms in total. The summed E-state index contributed by atoms with van der Waals surface area (Å²) in [6.07, 6.45) is 13.0. The Hall–Kier alpha value is -2.46. The Labute approximate surface area is 237 Å². The molecule has 5 saturated carbocycles. The van der Waals surface area contributed by atoms with Gasteiger partial charge >= 0.3 is 0 Å². The van der Waals surface area contributed by atoms with Crippen molar-refractivity contribution in [2.45, 2.75) is 88.4 Å². The number of aromatic nitrogens is 4. The summed E-state index contributed by atoms with van der Waals surface area (Å²) in [6, 6.07) is 8.20. The van der Waals surface area contributed by atoms with Crippen molar-refractivity contribution in [3.8, 4) is 0 Å². The first-order chi connectivity index (χ1) is 19.0. The maximum absolute atomic E-state index is 13.6. The second-order valence-corrected chi connectivity index (χ2v) is 14.2. The molecule has 5 fully saturated rings. The summed E-state index contributed by atoms with van der Waals surface area (Å²) in [4.78, 5) is 30.9. The Kier molecular flexibility index (Phi) is 6.87. The summed E-state index contributed by atoms with van der Waals surface area (Å²) in [6.45, 7) is 0.405. The molecule has 5 aliphatic carbocycles.